The Hall–Kier alpha value is -3.28. The summed E-state index contributed by atoms with van der Waals surface area (Å²) in [6.45, 7) is 4.46. The van der Waals surface area contributed by atoms with Crippen molar-refractivity contribution in [2.24, 2.45) is 5.73 Å². The van der Waals surface area contributed by atoms with Crippen LogP contribution in [0.25, 0.3) is 11.4 Å². The van der Waals surface area contributed by atoms with Crippen LogP contribution in [-0.4, -0.2) is 20.9 Å². The Balaban J connectivity index is 1.86. The molecule has 0 aliphatic rings. The zero-order valence-electron chi connectivity index (χ0n) is 14.2. The van der Waals surface area contributed by atoms with E-state index in [0.29, 0.717) is 17.9 Å². The van der Waals surface area contributed by atoms with E-state index in [-0.39, 0.29) is 0 Å². The molecule has 2 aromatic heterocycles. The van der Waals surface area contributed by atoms with E-state index in [1.165, 1.54) is 0 Å². The van der Waals surface area contributed by atoms with Crippen molar-refractivity contribution in [3.8, 4) is 11.4 Å². The third-order valence-electron chi connectivity index (χ3n) is 3.98. The zero-order valence-corrected chi connectivity index (χ0v) is 14.2. The number of rotatable bonds is 5. The standard InChI is InChI=1S/C19H19N5O/c1-12-13(2)23-19(16-7-4-8-21-11-16)24-18(12)22-10-14-5-3-6-15(9-14)17(20)25/h3-9,11H,10H2,1-2H3,(H2,20,25)(H,22,23,24). The van der Waals surface area contributed by atoms with E-state index in [1.54, 1.807) is 24.5 Å². The minimum Gasteiger partial charge on any atom is -0.366 e. The van der Waals surface area contributed by atoms with Crippen LogP contribution in [-0.2, 0) is 6.54 Å². The van der Waals surface area contributed by atoms with Crippen molar-refractivity contribution < 1.29 is 4.79 Å². The molecule has 6 nitrogen and oxygen atoms in total. The first-order valence-electron chi connectivity index (χ1n) is 7.93. The Bertz CT molecular complexity index is 909. The molecule has 0 saturated carbocycles. The van der Waals surface area contributed by atoms with Crippen LogP contribution in [0.1, 0.15) is 27.2 Å². The molecule has 0 saturated heterocycles. The third-order valence-corrected chi connectivity index (χ3v) is 3.98. The van der Waals surface area contributed by atoms with Gasteiger partial charge in [-0.05, 0) is 43.7 Å². The van der Waals surface area contributed by atoms with Crippen LogP contribution in [0.3, 0.4) is 0 Å². The van der Waals surface area contributed by atoms with Crippen molar-refractivity contribution in [2.75, 3.05) is 5.32 Å². The predicted molar refractivity (Wildman–Crippen MR) is 97.0 cm³/mol. The van der Waals surface area contributed by atoms with Crippen molar-refractivity contribution in [3.05, 3.63) is 71.2 Å². The lowest BCUT2D eigenvalue weighted by Gasteiger charge is -2.13. The molecule has 0 unspecified atom stereocenters. The van der Waals surface area contributed by atoms with Crippen LogP contribution in [0.15, 0.2) is 48.8 Å². The largest absolute Gasteiger partial charge is 0.366 e. The van der Waals surface area contributed by atoms with E-state index >= 15 is 0 Å². The van der Waals surface area contributed by atoms with Gasteiger partial charge >= 0.3 is 0 Å². The Morgan fingerprint density at radius 1 is 1.16 bits per heavy atom. The molecule has 6 heteroatoms. The molecule has 3 aromatic rings. The van der Waals surface area contributed by atoms with Gasteiger partial charge in [0, 0.05) is 41.3 Å². The number of aryl methyl sites for hydroxylation is 1. The number of carbonyl (C=O) groups is 1. The van der Waals surface area contributed by atoms with Gasteiger partial charge in [0.2, 0.25) is 5.91 Å². The number of nitrogens with one attached hydrogen (secondary N) is 1. The Labute approximate surface area is 146 Å². The summed E-state index contributed by atoms with van der Waals surface area (Å²) in [7, 11) is 0. The number of nitrogens with two attached hydrogens (primary N) is 1. The molecule has 3 rings (SSSR count). The summed E-state index contributed by atoms with van der Waals surface area (Å²) in [5, 5.41) is 3.32. The molecule has 126 valence electrons. The number of aromatic nitrogens is 3. The Morgan fingerprint density at radius 3 is 2.72 bits per heavy atom. The van der Waals surface area contributed by atoms with Crippen LogP contribution in [0.5, 0.6) is 0 Å². The molecule has 0 spiro atoms. The van der Waals surface area contributed by atoms with Gasteiger partial charge in [0.1, 0.15) is 5.82 Å². The summed E-state index contributed by atoms with van der Waals surface area (Å²) >= 11 is 0. The van der Waals surface area contributed by atoms with Crippen LogP contribution < -0.4 is 11.1 Å². The maximum absolute atomic E-state index is 11.3. The van der Waals surface area contributed by atoms with E-state index in [4.69, 9.17) is 5.73 Å². The molecule has 25 heavy (non-hydrogen) atoms. The quantitative estimate of drug-likeness (QED) is 0.749. The first-order chi connectivity index (χ1) is 12.0. The highest BCUT2D eigenvalue weighted by Crippen LogP contribution is 2.21. The average molecular weight is 333 g/mol. The van der Waals surface area contributed by atoms with E-state index in [9.17, 15) is 4.79 Å². The first kappa shape index (κ1) is 16.6. The predicted octanol–water partition coefficient (Wildman–Crippen LogP) is 2.87. The molecule has 0 aliphatic heterocycles. The lowest BCUT2D eigenvalue weighted by molar-refractivity contribution is 0.1000. The van der Waals surface area contributed by atoms with Crippen LogP contribution in [0, 0.1) is 13.8 Å². The fourth-order valence-corrected chi connectivity index (χ4v) is 2.45. The first-order valence-corrected chi connectivity index (χ1v) is 7.93. The third kappa shape index (κ3) is 3.80. The number of carbonyl (C=O) groups excluding carboxylic acids is 1. The van der Waals surface area contributed by atoms with Crippen molar-refractivity contribution in [3.63, 3.8) is 0 Å². The second-order valence-corrected chi connectivity index (χ2v) is 5.77. The SMILES string of the molecule is Cc1nc(-c2cccnc2)nc(NCc2cccc(C(N)=O)c2)c1C. The van der Waals surface area contributed by atoms with Crippen molar-refractivity contribution in [2.45, 2.75) is 20.4 Å². The topological polar surface area (TPSA) is 93.8 Å². The minimum absolute atomic E-state index is 0.435. The molecule has 3 N–H and O–H groups in total. The second-order valence-electron chi connectivity index (χ2n) is 5.77. The number of pyridine rings is 1. The summed E-state index contributed by atoms with van der Waals surface area (Å²) < 4.78 is 0. The number of anilines is 1. The average Bonchev–Trinajstić information content (AvgIpc) is 2.63. The minimum atomic E-state index is -0.435. The molecule has 1 amide bonds. The summed E-state index contributed by atoms with van der Waals surface area (Å²) in [4.78, 5) is 24.6. The van der Waals surface area contributed by atoms with Gasteiger partial charge in [-0.25, -0.2) is 9.97 Å². The van der Waals surface area contributed by atoms with Gasteiger partial charge < -0.3 is 11.1 Å². The van der Waals surface area contributed by atoms with Gasteiger partial charge in [0.15, 0.2) is 5.82 Å². The van der Waals surface area contributed by atoms with Gasteiger partial charge in [0.05, 0.1) is 0 Å². The Morgan fingerprint density at radius 2 is 2.00 bits per heavy atom. The number of hydrogen-bond acceptors (Lipinski definition) is 5. The molecule has 0 radical (unpaired) electrons. The fraction of sp³-hybridized carbons (Fsp3) is 0.158. The van der Waals surface area contributed by atoms with E-state index in [1.807, 2.05) is 38.1 Å². The molecule has 0 bridgehead atoms. The summed E-state index contributed by atoms with van der Waals surface area (Å²) in [6, 6.07) is 11.0. The van der Waals surface area contributed by atoms with Crippen molar-refractivity contribution in [1.82, 2.24) is 15.0 Å². The van der Waals surface area contributed by atoms with Crippen molar-refractivity contribution >= 4 is 11.7 Å². The molecule has 1 aromatic carbocycles. The maximum atomic E-state index is 11.3. The number of amides is 1. The second kappa shape index (κ2) is 7.09. The fourth-order valence-electron chi connectivity index (χ4n) is 2.45. The number of nitrogens with zero attached hydrogens (tertiary/aromatic N) is 3. The number of hydrogen-bond donors (Lipinski definition) is 2. The van der Waals surface area contributed by atoms with Gasteiger partial charge in [-0.15, -0.1) is 0 Å². The van der Waals surface area contributed by atoms with Crippen LogP contribution >= 0.6 is 0 Å². The van der Waals surface area contributed by atoms with E-state index in [0.717, 1.165) is 28.2 Å². The molecule has 2 heterocycles. The summed E-state index contributed by atoms with van der Waals surface area (Å²) in [6.07, 6.45) is 3.46. The molecule has 0 aliphatic carbocycles. The number of primary amides is 1. The molecule has 0 atom stereocenters. The van der Waals surface area contributed by atoms with E-state index in [2.05, 4.69) is 20.3 Å². The lowest BCUT2D eigenvalue weighted by Crippen LogP contribution is -2.12. The van der Waals surface area contributed by atoms with E-state index < -0.39 is 5.91 Å². The highest BCUT2D eigenvalue weighted by molar-refractivity contribution is 5.92. The van der Waals surface area contributed by atoms with Crippen molar-refractivity contribution in [1.29, 1.82) is 0 Å². The summed E-state index contributed by atoms with van der Waals surface area (Å²) in [5.74, 6) is 0.954. The van der Waals surface area contributed by atoms with Gasteiger partial charge in [-0.2, -0.15) is 0 Å². The molecular formula is C19H19N5O. The van der Waals surface area contributed by atoms with Crippen LogP contribution in [0.2, 0.25) is 0 Å². The maximum Gasteiger partial charge on any atom is 0.248 e. The van der Waals surface area contributed by atoms with Gasteiger partial charge in [-0.1, -0.05) is 12.1 Å². The van der Waals surface area contributed by atoms with Gasteiger partial charge in [-0.3, -0.25) is 9.78 Å². The molecule has 0 fully saturated rings. The smallest absolute Gasteiger partial charge is 0.248 e. The number of benzene rings is 1. The van der Waals surface area contributed by atoms with Gasteiger partial charge in [0.25, 0.3) is 0 Å². The highest BCUT2D eigenvalue weighted by Gasteiger charge is 2.10. The lowest BCUT2D eigenvalue weighted by atomic mass is 10.1. The monoisotopic (exact) mass is 333 g/mol. The normalized spacial score (nSPS) is 10.5. The molecular weight excluding hydrogens is 314 g/mol. The zero-order chi connectivity index (χ0) is 17.8. The highest BCUT2D eigenvalue weighted by atomic mass is 16.1. The Kier molecular flexibility index (Phi) is 4.70. The van der Waals surface area contributed by atoms with Crippen LogP contribution in [0.4, 0.5) is 5.82 Å². The summed E-state index contributed by atoms with van der Waals surface area (Å²) in [5.41, 5.74) is 9.53.